The molecule has 2 amide bonds. The van der Waals surface area contributed by atoms with Gasteiger partial charge in [0.15, 0.2) is 10.9 Å². The molecule has 3 aromatic heterocycles. The number of thiophene rings is 1. The summed E-state index contributed by atoms with van der Waals surface area (Å²) in [6.07, 6.45) is 5.84. The Morgan fingerprint density at radius 2 is 2.14 bits per heavy atom. The van der Waals surface area contributed by atoms with Gasteiger partial charge in [-0.3, -0.25) is 14.9 Å². The third-order valence-electron chi connectivity index (χ3n) is 4.95. The van der Waals surface area contributed by atoms with Crippen molar-refractivity contribution in [3.63, 3.8) is 0 Å². The molecule has 0 aromatic carbocycles. The average molecular weight is 416 g/mol. The van der Waals surface area contributed by atoms with Crippen molar-refractivity contribution < 1.29 is 14.0 Å². The number of thiazole rings is 1. The average Bonchev–Trinajstić information content (AvgIpc) is 3.40. The topological polar surface area (TPSA) is 84.2 Å². The zero-order chi connectivity index (χ0) is 19.7. The number of hydrogen-bond donors (Lipinski definition) is 2. The van der Waals surface area contributed by atoms with Crippen LogP contribution in [0.2, 0.25) is 0 Å². The molecule has 1 aliphatic carbocycles. The first-order chi connectivity index (χ1) is 13.5. The molecule has 3 heterocycles. The van der Waals surface area contributed by atoms with Gasteiger partial charge in [-0.2, -0.15) is 0 Å². The van der Waals surface area contributed by atoms with Gasteiger partial charge in [0.25, 0.3) is 11.8 Å². The Bertz CT molecular complexity index is 1000. The highest BCUT2D eigenvalue weighted by Crippen LogP contribution is 2.34. The molecule has 0 saturated heterocycles. The first-order valence-electron chi connectivity index (χ1n) is 9.28. The molecule has 0 radical (unpaired) electrons. The largest absolute Gasteiger partial charge is 0.459 e. The lowest BCUT2D eigenvalue weighted by Crippen LogP contribution is -2.12. The van der Waals surface area contributed by atoms with E-state index in [9.17, 15) is 9.59 Å². The second kappa shape index (κ2) is 7.89. The molecule has 8 heteroatoms. The standard InChI is InChI=1S/C20H21N3O3S2/c1-3-12-6-7-13-15(10-12)27-20(21-13)23-19(25)17-11(2)9-16(28-17)22-18(24)14-5-4-8-26-14/h4-5,8-9,12H,3,6-7,10H2,1-2H3,(H,22,24)(H,21,23,25). The molecule has 4 rings (SSSR count). The van der Waals surface area contributed by atoms with E-state index in [0.29, 0.717) is 15.0 Å². The molecule has 1 atom stereocenters. The summed E-state index contributed by atoms with van der Waals surface area (Å²) in [4.78, 5) is 31.3. The molecular weight excluding hydrogens is 394 g/mol. The molecule has 2 N–H and O–H groups in total. The minimum Gasteiger partial charge on any atom is -0.459 e. The first-order valence-corrected chi connectivity index (χ1v) is 10.9. The number of carbonyl (C=O) groups excluding carboxylic acids is 2. The van der Waals surface area contributed by atoms with Crippen LogP contribution in [0.25, 0.3) is 0 Å². The first kappa shape index (κ1) is 18.9. The van der Waals surface area contributed by atoms with Crippen LogP contribution in [0.3, 0.4) is 0 Å². The molecule has 1 unspecified atom stereocenters. The number of carbonyl (C=O) groups is 2. The highest BCUT2D eigenvalue weighted by Gasteiger charge is 2.23. The molecule has 0 saturated carbocycles. The van der Waals surface area contributed by atoms with Crippen molar-refractivity contribution in [1.29, 1.82) is 0 Å². The Kier molecular flexibility index (Phi) is 5.32. The van der Waals surface area contributed by atoms with Gasteiger partial charge in [0.1, 0.15) is 0 Å². The number of hydrogen-bond acceptors (Lipinski definition) is 6. The maximum atomic E-state index is 12.7. The maximum Gasteiger partial charge on any atom is 0.291 e. The second-order valence-corrected chi connectivity index (χ2v) is 9.05. The maximum absolute atomic E-state index is 12.7. The van der Waals surface area contributed by atoms with Gasteiger partial charge in [-0.15, -0.1) is 22.7 Å². The smallest absolute Gasteiger partial charge is 0.291 e. The normalized spacial score (nSPS) is 15.9. The van der Waals surface area contributed by atoms with Crippen molar-refractivity contribution in [3.05, 3.63) is 51.2 Å². The fraction of sp³-hybridized carbons (Fsp3) is 0.350. The minimum atomic E-state index is -0.337. The van der Waals surface area contributed by atoms with Crippen LogP contribution in [0.15, 0.2) is 28.9 Å². The van der Waals surface area contributed by atoms with Crippen LogP contribution < -0.4 is 10.6 Å². The number of fused-ring (bicyclic) bond motifs is 1. The second-order valence-electron chi connectivity index (χ2n) is 6.91. The van der Waals surface area contributed by atoms with Crippen LogP contribution in [0.4, 0.5) is 10.1 Å². The summed E-state index contributed by atoms with van der Waals surface area (Å²) in [5.74, 6) is 0.419. The van der Waals surface area contributed by atoms with Crippen molar-refractivity contribution in [2.45, 2.75) is 39.5 Å². The minimum absolute atomic E-state index is 0.195. The van der Waals surface area contributed by atoms with Crippen molar-refractivity contribution in [2.24, 2.45) is 5.92 Å². The SMILES string of the molecule is CCC1CCc2nc(NC(=O)c3sc(NC(=O)c4ccco4)cc3C)sc2C1. The molecule has 1 aliphatic rings. The molecular formula is C20H21N3O3S2. The van der Waals surface area contributed by atoms with Gasteiger partial charge < -0.3 is 9.73 Å². The van der Waals surface area contributed by atoms with E-state index in [0.717, 1.165) is 30.0 Å². The van der Waals surface area contributed by atoms with E-state index in [1.165, 1.54) is 35.3 Å². The van der Waals surface area contributed by atoms with Crippen molar-refractivity contribution in [1.82, 2.24) is 4.98 Å². The fourth-order valence-corrected chi connectivity index (χ4v) is 5.43. The van der Waals surface area contributed by atoms with Gasteiger partial charge >= 0.3 is 0 Å². The van der Waals surface area contributed by atoms with Gasteiger partial charge in [0, 0.05) is 4.88 Å². The van der Waals surface area contributed by atoms with Crippen LogP contribution >= 0.6 is 22.7 Å². The summed E-state index contributed by atoms with van der Waals surface area (Å²) in [5.41, 5.74) is 1.93. The van der Waals surface area contributed by atoms with E-state index in [1.54, 1.807) is 29.5 Å². The molecule has 146 valence electrons. The van der Waals surface area contributed by atoms with E-state index < -0.39 is 0 Å². The Morgan fingerprint density at radius 1 is 1.29 bits per heavy atom. The van der Waals surface area contributed by atoms with Gasteiger partial charge in [0.2, 0.25) is 0 Å². The van der Waals surface area contributed by atoms with Crippen molar-refractivity contribution in [3.8, 4) is 0 Å². The summed E-state index contributed by atoms with van der Waals surface area (Å²) < 4.78 is 5.09. The van der Waals surface area contributed by atoms with Crippen molar-refractivity contribution in [2.75, 3.05) is 10.6 Å². The predicted octanol–water partition coefficient (Wildman–Crippen LogP) is 5.13. The number of aryl methyl sites for hydroxylation is 2. The molecule has 0 aliphatic heterocycles. The Balaban J connectivity index is 1.45. The number of nitrogens with one attached hydrogen (secondary N) is 2. The van der Waals surface area contributed by atoms with Crippen LogP contribution in [0, 0.1) is 12.8 Å². The van der Waals surface area contributed by atoms with E-state index in [-0.39, 0.29) is 17.6 Å². The third-order valence-corrected chi connectivity index (χ3v) is 7.13. The summed E-state index contributed by atoms with van der Waals surface area (Å²) in [6, 6.07) is 5.04. The molecule has 28 heavy (non-hydrogen) atoms. The Labute approximate surface area is 171 Å². The van der Waals surface area contributed by atoms with Gasteiger partial charge in [0.05, 0.1) is 21.8 Å². The lowest BCUT2D eigenvalue weighted by Gasteiger charge is -2.18. The summed E-state index contributed by atoms with van der Waals surface area (Å²) in [7, 11) is 0. The van der Waals surface area contributed by atoms with E-state index >= 15 is 0 Å². The molecule has 0 bridgehead atoms. The number of aromatic nitrogens is 1. The zero-order valence-corrected chi connectivity index (χ0v) is 17.3. The van der Waals surface area contributed by atoms with E-state index in [4.69, 9.17) is 4.42 Å². The Morgan fingerprint density at radius 3 is 2.89 bits per heavy atom. The van der Waals surface area contributed by atoms with Crippen LogP contribution in [0.1, 0.15) is 56.1 Å². The van der Waals surface area contributed by atoms with Gasteiger partial charge in [-0.1, -0.05) is 13.3 Å². The van der Waals surface area contributed by atoms with E-state index in [2.05, 4.69) is 22.5 Å². The number of rotatable bonds is 5. The fourth-order valence-electron chi connectivity index (χ4n) is 3.35. The van der Waals surface area contributed by atoms with Crippen molar-refractivity contribution >= 4 is 44.6 Å². The van der Waals surface area contributed by atoms with Crippen LogP contribution in [0.5, 0.6) is 0 Å². The highest BCUT2D eigenvalue weighted by atomic mass is 32.1. The van der Waals surface area contributed by atoms with Crippen LogP contribution in [-0.4, -0.2) is 16.8 Å². The third kappa shape index (κ3) is 3.88. The van der Waals surface area contributed by atoms with E-state index in [1.807, 2.05) is 6.92 Å². The number of nitrogens with zero attached hydrogens (tertiary/aromatic N) is 1. The monoisotopic (exact) mass is 415 g/mol. The molecule has 6 nitrogen and oxygen atoms in total. The molecule has 0 fully saturated rings. The number of furan rings is 1. The lowest BCUT2D eigenvalue weighted by molar-refractivity contribution is 0.0995. The summed E-state index contributed by atoms with van der Waals surface area (Å²) in [5, 5.41) is 6.96. The number of amides is 2. The Hall–Kier alpha value is -2.45. The molecule has 0 spiro atoms. The van der Waals surface area contributed by atoms with Gasteiger partial charge in [-0.25, -0.2) is 4.98 Å². The van der Waals surface area contributed by atoms with Crippen LogP contribution in [-0.2, 0) is 12.8 Å². The lowest BCUT2D eigenvalue weighted by atomic mass is 9.89. The summed E-state index contributed by atoms with van der Waals surface area (Å²) in [6.45, 7) is 4.08. The highest BCUT2D eigenvalue weighted by molar-refractivity contribution is 7.19. The quantitative estimate of drug-likeness (QED) is 0.605. The molecule has 3 aromatic rings. The predicted molar refractivity (Wildman–Crippen MR) is 112 cm³/mol. The summed E-state index contributed by atoms with van der Waals surface area (Å²) >= 11 is 2.82. The zero-order valence-electron chi connectivity index (χ0n) is 15.7. The number of anilines is 2. The van der Waals surface area contributed by atoms with Gasteiger partial charge in [-0.05, 0) is 55.9 Å².